The van der Waals surface area contributed by atoms with Crippen LogP contribution in [0.25, 0.3) is 0 Å². The number of benzene rings is 1. The van der Waals surface area contributed by atoms with Crippen molar-refractivity contribution in [1.29, 1.82) is 0 Å². The molecule has 0 radical (unpaired) electrons. The van der Waals surface area contributed by atoms with Crippen molar-refractivity contribution in [2.24, 2.45) is 0 Å². The number of carbonyl (C=O) groups is 2. The van der Waals surface area contributed by atoms with Crippen LogP contribution < -0.4 is 10.1 Å². The second-order valence-corrected chi connectivity index (χ2v) is 9.20. The average molecular weight is 485 g/mol. The number of aromatic amines is 1. The molecule has 0 spiro atoms. The van der Waals surface area contributed by atoms with Crippen LogP contribution in [0.3, 0.4) is 0 Å². The van der Waals surface area contributed by atoms with Crippen molar-refractivity contribution >= 4 is 51.7 Å². The van der Waals surface area contributed by atoms with E-state index in [4.69, 9.17) is 4.74 Å². The number of anilines is 1. The first kappa shape index (κ1) is 22.0. The first-order valence-electron chi connectivity index (χ1n) is 9.16. The number of methoxy groups -OCH3 is 1. The fraction of sp³-hybridized carbons (Fsp3) is 0.100. The number of amides is 1. The highest BCUT2D eigenvalue weighted by Gasteiger charge is 2.19. The minimum absolute atomic E-state index is 0.166. The molecule has 0 aliphatic rings. The maximum atomic E-state index is 13.1. The molecule has 0 aliphatic carbocycles. The van der Waals surface area contributed by atoms with Gasteiger partial charge >= 0.3 is 0 Å². The summed E-state index contributed by atoms with van der Waals surface area (Å²) >= 11 is 3.84. The SMILES string of the molecule is COc1ccc(Sc2ccc(Sc3nnc[nH]3)nc2C(=O)Nc2nc(C(C)=O)cs2)cc1. The zero-order chi connectivity index (χ0) is 22.5. The number of pyridine rings is 1. The van der Waals surface area contributed by atoms with Gasteiger partial charge in [-0.2, -0.15) is 0 Å². The van der Waals surface area contributed by atoms with E-state index in [1.54, 1.807) is 12.5 Å². The molecule has 3 heterocycles. The van der Waals surface area contributed by atoms with Gasteiger partial charge in [-0.3, -0.25) is 14.9 Å². The molecule has 0 unspecified atom stereocenters. The molecular weight excluding hydrogens is 468 g/mol. The molecule has 0 saturated heterocycles. The molecule has 2 N–H and O–H groups in total. The molecule has 0 aliphatic heterocycles. The summed E-state index contributed by atoms with van der Waals surface area (Å²) in [4.78, 5) is 37.8. The van der Waals surface area contributed by atoms with Gasteiger partial charge in [-0.15, -0.1) is 21.5 Å². The standard InChI is InChI=1S/C20H16N6O3S3/c1-11(27)14-9-30-20(23-14)25-18(28)17-15(31-13-5-3-12(29-2)4-6-13)7-8-16(24-17)32-19-21-10-22-26-19/h3-10H,1-2H3,(H,21,22,26)(H,23,25,28). The predicted molar refractivity (Wildman–Crippen MR) is 122 cm³/mol. The number of carbonyl (C=O) groups excluding carboxylic acids is 2. The molecule has 1 amide bonds. The number of H-pyrrole nitrogens is 1. The molecule has 0 saturated carbocycles. The van der Waals surface area contributed by atoms with Crippen LogP contribution >= 0.6 is 34.9 Å². The van der Waals surface area contributed by atoms with Gasteiger partial charge in [-0.05, 0) is 48.2 Å². The normalized spacial score (nSPS) is 10.7. The number of Topliss-reactive ketones (excluding diaryl/α,β-unsaturated/α-hetero) is 1. The Hall–Kier alpha value is -3.22. The molecule has 4 rings (SSSR count). The second-order valence-electron chi connectivity index (χ2n) is 6.22. The van der Waals surface area contributed by atoms with Gasteiger partial charge in [0.25, 0.3) is 5.91 Å². The molecule has 3 aromatic heterocycles. The van der Waals surface area contributed by atoms with Gasteiger partial charge < -0.3 is 9.72 Å². The molecule has 4 aromatic rings. The van der Waals surface area contributed by atoms with E-state index in [-0.39, 0.29) is 11.5 Å². The zero-order valence-electron chi connectivity index (χ0n) is 16.9. The minimum atomic E-state index is -0.425. The third-order valence-corrected chi connectivity index (χ3v) is 6.66. The Morgan fingerprint density at radius 3 is 2.56 bits per heavy atom. The number of thiazole rings is 1. The third kappa shape index (κ3) is 5.33. The van der Waals surface area contributed by atoms with Gasteiger partial charge in [-0.25, -0.2) is 9.97 Å². The molecule has 12 heteroatoms. The number of hydrogen-bond acceptors (Lipinski definition) is 10. The smallest absolute Gasteiger partial charge is 0.277 e. The molecule has 9 nitrogen and oxygen atoms in total. The first-order chi connectivity index (χ1) is 15.5. The number of ether oxygens (including phenoxy) is 1. The Bertz CT molecular complexity index is 1240. The lowest BCUT2D eigenvalue weighted by molar-refractivity contribution is 0.100. The van der Waals surface area contributed by atoms with E-state index in [1.807, 2.05) is 36.4 Å². The number of rotatable bonds is 8. The summed E-state index contributed by atoms with van der Waals surface area (Å²) in [6.45, 7) is 1.43. The van der Waals surface area contributed by atoms with Crippen molar-refractivity contribution in [3.8, 4) is 5.75 Å². The van der Waals surface area contributed by atoms with Crippen molar-refractivity contribution in [3.63, 3.8) is 0 Å². The number of nitrogens with one attached hydrogen (secondary N) is 2. The highest BCUT2D eigenvalue weighted by atomic mass is 32.2. The average Bonchev–Trinajstić information content (AvgIpc) is 3.47. The van der Waals surface area contributed by atoms with Crippen LogP contribution in [-0.2, 0) is 0 Å². The zero-order valence-corrected chi connectivity index (χ0v) is 19.3. The van der Waals surface area contributed by atoms with Gasteiger partial charge in [-0.1, -0.05) is 11.8 Å². The summed E-state index contributed by atoms with van der Waals surface area (Å²) in [5, 5.41) is 13.5. The van der Waals surface area contributed by atoms with E-state index in [0.29, 0.717) is 25.9 Å². The Morgan fingerprint density at radius 2 is 1.91 bits per heavy atom. The van der Waals surface area contributed by atoms with Crippen molar-refractivity contribution in [1.82, 2.24) is 25.1 Å². The molecule has 32 heavy (non-hydrogen) atoms. The van der Waals surface area contributed by atoms with Crippen LogP contribution in [0.15, 0.2) is 68.1 Å². The third-order valence-electron chi connectivity index (χ3n) is 4.02. The Morgan fingerprint density at radius 1 is 1.09 bits per heavy atom. The minimum Gasteiger partial charge on any atom is -0.497 e. The lowest BCUT2D eigenvalue weighted by Gasteiger charge is -2.10. The van der Waals surface area contributed by atoms with Gasteiger partial charge in [0.1, 0.15) is 28.5 Å². The number of hydrogen-bond donors (Lipinski definition) is 2. The molecule has 0 fully saturated rings. The Labute approximate surface area is 195 Å². The highest BCUT2D eigenvalue weighted by Crippen LogP contribution is 2.33. The number of ketones is 1. The summed E-state index contributed by atoms with van der Waals surface area (Å²) in [5.41, 5.74) is 0.538. The van der Waals surface area contributed by atoms with Gasteiger partial charge in [0.15, 0.2) is 16.1 Å². The number of aromatic nitrogens is 5. The van der Waals surface area contributed by atoms with Crippen LogP contribution in [0.1, 0.15) is 27.9 Å². The maximum absolute atomic E-state index is 13.1. The molecule has 162 valence electrons. The summed E-state index contributed by atoms with van der Waals surface area (Å²) in [6.07, 6.45) is 1.47. The predicted octanol–water partition coefficient (Wildman–Crippen LogP) is 4.42. The quantitative estimate of drug-likeness (QED) is 0.350. The summed E-state index contributed by atoms with van der Waals surface area (Å²) in [5.74, 6) is 0.154. The Kier molecular flexibility index (Phi) is 6.83. The van der Waals surface area contributed by atoms with Gasteiger partial charge in [0.2, 0.25) is 0 Å². The lowest BCUT2D eigenvalue weighted by atomic mass is 10.3. The largest absolute Gasteiger partial charge is 0.497 e. The van der Waals surface area contributed by atoms with Crippen LogP contribution in [0.2, 0.25) is 0 Å². The van der Waals surface area contributed by atoms with Crippen LogP contribution in [0, 0.1) is 0 Å². The molecule has 0 atom stereocenters. The van der Waals surface area contributed by atoms with E-state index in [1.165, 1.54) is 48.1 Å². The first-order valence-corrected chi connectivity index (χ1v) is 11.7. The van der Waals surface area contributed by atoms with Crippen molar-refractivity contribution < 1.29 is 14.3 Å². The van der Waals surface area contributed by atoms with Crippen LogP contribution in [0.4, 0.5) is 5.13 Å². The fourth-order valence-corrected chi connectivity index (χ4v) is 4.81. The molecular formula is C20H16N6O3S3. The summed E-state index contributed by atoms with van der Waals surface area (Å²) in [6, 6.07) is 11.2. The lowest BCUT2D eigenvalue weighted by Crippen LogP contribution is -2.15. The highest BCUT2D eigenvalue weighted by molar-refractivity contribution is 7.99. The monoisotopic (exact) mass is 484 g/mol. The second kappa shape index (κ2) is 9.94. The fourth-order valence-electron chi connectivity index (χ4n) is 2.49. The topological polar surface area (TPSA) is 123 Å². The van der Waals surface area contributed by atoms with E-state index in [9.17, 15) is 9.59 Å². The molecule has 0 bridgehead atoms. The summed E-state index contributed by atoms with van der Waals surface area (Å²) in [7, 11) is 1.61. The van der Waals surface area contributed by atoms with Crippen LogP contribution in [-0.4, -0.2) is 43.9 Å². The summed E-state index contributed by atoms with van der Waals surface area (Å²) < 4.78 is 5.20. The van der Waals surface area contributed by atoms with Gasteiger partial charge in [0, 0.05) is 22.1 Å². The van der Waals surface area contributed by atoms with E-state index in [2.05, 4.69) is 30.5 Å². The van der Waals surface area contributed by atoms with Crippen molar-refractivity contribution in [3.05, 3.63) is 59.5 Å². The Balaban J connectivity index is 1.62. The number of nitrogens with zero attached hydrogens (tertiary/aromatic N) is 4. The van der Waals surface area contributed by atoms with E-state index >= 15 is 0 Å². The molecule has 1 aromatic carbocycles. The van der Waals surface area contributed by atoms with Gasteiger partial charge in [0.05, 0.1) is 7.11 Å². The van der Waals surface area contributed by atoms with Crippen molar-refractivity contribution in [2.45, 2.75) is 26.9 Å². The van der Waals surface area contributed by atoms with Crippen LogP contribution in [0.5, 0.6) is 5.75 Å². The van der Waals surface area contributed by atoms with E-state index < -0.39 is 5.91 Å². The maximum Gasteiger partial charge on any atom is 0.277 e. The van der Waals surface area contributed by atoms with Crippen molar-refractivity contribution in [2.75, 3.05) is 12.4 Å². The van der Waals surface area contributed by atoms with E-state index in [0.717, 1.165) is 10.6 Å².